The third-order valence-corrected chi connectivity index (χ3v) is 5.65. The van der Waals surface area contributed by atoms with Crippen LogP contribution in [0.25, 0.3) is 11.0 Å². The molecule has 6 nitrogen and oxygen atoms in total. The van der Waals surface area contributed by atoms with Crippen molar-refractivity contribution in [2.24, 2.45) is 11.3 Å². The summed E-state index contributed by atoms with van der Waals surface area (Å²) in [5, 5.41) is 0.906. The number of benzene rings is 1. The van der Waals surface area contributed by atoms with Gasteiger partial charge in [0.15, 0.2) is 0 Å². The SMILES string of the molecule is CCOC(=O)[C@@]1(C(C)C)CCN(C(=O)Cc2coc3cc(OC)ccc23)C1. The van der Waals surface area contributed by atoms with Gasteiger partial charge in [0.1, 0.15) is 11.3 Å². The highest BCUT2D eigenvalue weighted by Crippen LogP contribution is 2.39. The number of amides is 1. The second kappa shape index (κ2) is 7.62. The van der Waals surface area contributed by atoms with E-state index < -0.39 is 5.41 Å². The maximum atomic E-state index is 12.9. The van der Waals surface area contributed by atoms with Crippen molar-refractivity contribution in [1.82, 2.24) is 4.90 Å². The zero-order chi connectivity index (χ0) is 19.6. The molecule has 1 aromatic carbocycles. The molecule has 0 radical (unpaired) electrons. The number of likely N-dealkylation sites (tertiary alicyclic amines) is 1. The number of hydrogen-bond donors (Lipinski definition) is 0. The number of esters is 1. The number of carbonyl (C=O) groups is 2. The predicted octanol–water partition coefficient (Wildman–Crippen LogP) is 3.42. The molecular weight excluding hydrogens is 346 g/mol. The third kappa shape index (κ3) is 3.53. The van der Waals surface area contributed by atoms with Crippen LogP contribution in [0, 0.1) is 11.3 Å². The maximum Gasteiger partial charge on any atom is 0.314 e. The molecule has 1 fully saturated rings. The van der Waals surface area contributed by atoms with Gasteiger partial charge in [-0.2, -0.15) is 0 Å². The van der Waals surface area contributed by atoms with Crippen LogP contribution in [0.1, 0.15) is 32.8 Å². The van der Waals surface area contributed by atoms with Gasteiger partial charge in [0.25, 0.3) is 0 Å². The van der Waals surface area contributed by atoms with E-state index in [1.165, 1.54) is 0 Å². The molecule has 1 atom stereocenters. The summed E-state index contributed by atoms with van der Waals surface area (Å²) in [6, 6.07) is 5.57. The van der Waals surface area contributed by atoms with E-state index in [0.717, 1.165) is 10.9 Å². The van der Waals surface area contributed by atoms with Gasteiger partial charge in [-0.05, 0) is 31.4 Å². The number of nitrogens with zero attached hydrogens (tertiary/aromatic N) is 1. The van der Waals surface area contributed by atoms with Gasteiger partial charge < -0.3 is 18.8 Å². The standard InChI is InChI=1S/C21H27NO5/c1-5-26-20(24)21(14(2)3)8-9-22(13-21)19(23)10-15-12-27-18-11-16(25-4)6-7-17(15)18/h6-7,11-12,14H,5,8-10,13H2,1-4H3/t21-/m0/s1. The van der Waals surface area contributed by atoms with Crippen LogP contribution in [0.3, 0.4) is 0 Å². The van der Waals surface area contributed by atoms with Crippen molar-refractivity contribution in [3.63, 3.8) is 0 Å². The van der Waals surface area contributed by atoms with Crippen molar-refractivity contribution in [1.29, 1.82) is 0 Å². The summed E-state index contributed by atoms with van der Waals surface area (Å²) >= 11 is 0. The Hall–Kier alpha value is -2.50. The monoisotopic (exact) mass is 373 g/mol. The number of hydrogen-bond acceptors (Lipinski definition) is 5. The van der Waals surface area contributed by atoms with E-state index in [-0.39, 0.29) is 24.2 Å². The quantitative estimate of drug-likeness (QED) is 0.726. The van der Waals surface area contributed by atoms with Gasteiger partial charge in [0.2, 0.25) is 5.91 Å². The van der Waals surface area contributed by atoms with Gasteiger partial charge in [-0.1, -0.05) is 13.8 Å². The topological polar surface area (TPSA) is 69.0 Å². The van der Waals surface area contributed by atoms with Gasteiger partial charge in [-0.25, -0.2) is 0 Å². The lowest BCUT2D eigenvalue weighted by Gasteiger charge is -2.30. The van der Waals surface area contributed by atoms with Crippen molar-refractivity contribution < 1.29 is 23.5 Å². The average Bonchev–Trinajstić information content (AvgIpc) is 3.27. The fourth-order valence-corrected chi connectivity index (χ4v) is 3.80. The first-order chi connectivity index (χ1) is 12.9. The average molecular weight is 373 g/mol. The largest absolute Gasteiger partial charge is 0.497 e. The van der Waals surface area contributed by atoms with Gasteiger partial charge in [-0.3, -0.25) is 9.59 Å². The van der Waals surface area contributed by atoms with Gasteiger partial charge in [0.05, 0.1) is 31.8 Å². The van der Waals surface area contributed by atoms with E-state index in [4.69, 9.17) is 13.9 Å². The molecule has 1 aliphatic heterocycles. The van der Waals surface area contributed by atoms with E-state index in [2.05, 4.69) is 0 Å². The molecular formula is C21H27NO5. The van der Waals surface area contributed by atoms with Crippen LogP contribution in [0.4, 0.5) is 0 Å². The lowest BCUT2D eigenvalue weighted by atomic mass is 9.76. The Balaban J connectivity index is 1.75. The number of furan rings is 1. The molecule has 1 aromatic heterocycles. The number of methoxy groups -OCH3 is 1. The van der Waals surface area contributed by atoms with Crippen molar-refractivity contribution in [2.45, 2.75) is 33.6 Å². The molecule has 0 bridgehead atoms. The Morgan fingerprint density at radius 2 is 2.11 bits per heavy atom. The molecule has 0 spiro atoms. The van der Waals surface area contributed by atoms with Gasteiger partial charge in [0, 0.05) is 30.1 Å². The zero-order valence-corrected chi connectivity index (χ0v) is 16.4. The highest BCUT2D eigenvalue weighted by molar-refractivity contribution is 5.89. The van der Waals surface area contributed by atoms with E-state index in [1.54, 1.807) is 18.3 Å². The van der Waals surface area contributed by atoms with E-state index in [1.807, 2.05) is 39.0 Å². The maximum absolute atomic E-state index is 12.9. The van der Waals surface area contributed by atoms with Crippen LogP contribution in [0.5, 0.6) is 5.75 Å². The first-order valence-electron chi connectivity index (χ1n) is 9.40. The van der Waals surface area contributed by atoms with E-state index in [0.29, 0.717) is 37.4 Å². The molecule has 2 aromatic rings. The van der Waals surface area contributed by atoms with E-state index in [9.17, 15) is 9.59 Å². The zero-order valence-electron chi connectivity index (χ0n) is 16.4. The highest BCUT2D eigenvalue weighted by atomic mass is 16.5. The van der Waals surface area contributed by atoms with Crippen molar-refractivity contribution >= 4 is 22.8 Å². The predicted molar refractivity (Wildman–Crippen MR) is 102 cm³/mol. The molecule has 0 N–H and O–H groups in total. The summed E-state index contributed by atoms with van der Waals surface area (Å²) in [6.45, 7) is 7.17. The molecule has 1 amide bonds. The summed E-state index contributed by atoms with van der Waals surface area (Å²) in [5.74, 6) is 0.624. The number of rotatable bonds is 6. The molecule has 0 unspecified atom stereocenters. The summed E-state index contributed by atoms with van der Waals surface area (Å²) in [6.07, 6.45) is 2.51. The van der Waals surface area contributed by atoms with Gasteiger partial charge >= 0.3 is 5.97 Å². The molecule has 146 valence electrons. The minimum absolute atomic E-state index is 0.000316. The molecule has 0 saturated carbocycles. The molecule has 0 aliphatic carbocycles. The molecule has 1 aliphatic rings. The van der Waals surface area contributed by atoms with Crippen LogP contribution in [-0.4, -0.2) is 43.6 Å². The lowest BCUT2D eigenvalue weighted by molar-refractivity contribution is -0.157. The summed E-state index contributed by atoms with van der Waals surface area (Å²) in [5.41, 5.74) is 0.926. The van der Waals surface area contributed by atoms with Gasteiger partial charge in [-0.15, -0.1) is 0 Å². The second-order valence-corrected chi connectivity index (χ2v) is 7.40. The number of fused-ring (bicyclic) bond motifs is 1. The van der Waals surface area contributed by atoms with Crippen LogP contribution in [-0.2, 0) is 20.7 Å². The molecule has 6 heteroatoms. The normalized spacial score (nSPS) is 19.7. The van der Waals surface area contributed by atoms with E-state index >= 15 is 0 Å². The Morgan fingerprint density at radius 1 is 1.33 bits per heavy atom. The minimum Gasteiger partial charge on any atom is -0.497 e. The highest BCUT2D eigenvalue weighted by Gasteiger charge is 2.49. The Bertz CT molecular complexity index is 840. The summed E-state index contributed by atoms with van der Waals surface area (Å²) < 4.78 is 16.1. The van der Waals surface area contributed by atoms with Crippen LogP contribution >= 0.6 is 0 Å². The van der Waals surface area contributed by atoms with Crippen molar-refractivity contribution in [3.8, 4) is 5.75 Å². The van der Waals surface area contributed by atoms with Crippen LogP contribution in [0.15, 0.2) is 28.9 Å². The molecule has 1 saturated heterocycles. The van der Waals surface area contributed by atoms with Crippen molar-refractivity contribution in [3.05, 3.63) is 30.0 Å². The Labute approximate surface area is 159 Å². The smallest absolute Gasteiger partial charge is 0.314 e. The fraction of sp³-hybridized carbons (Fsp3) is 0.524. The lowest BCUT2D eigenvalue weighted by Crippen LogP contribution is -2.42. The Kier molecular flexibility index (Phi) is 5.44. The van der Waals surface area contributed by atoms with Crippen LogP contribution < -0.4 is 4.74 Å². The second-order valence-electron chi connectivity index (χ2n) is 7.40. The molecule has 27 heavy (non-hydrogen) atoms. The Morgan fingerprint density at radius 3 is 2.78 bits per heavy atom. The third-order valence-electron chi connectivity index (χ3n) is 5.65. The molecule has 3 rings (SSSR count). The fourth-order valence-electron chi connectivity index (χ4n) is 3.80. The number of carbonyl (C=O) groups excluding carboxylic acids is 2. The summed E-state index contributed by atoms with van der Waals surface area (Å²) in [7, 11) is 1.60. The van der Waals surface area contributed by atoms with Crippen molar-refractivity contribution in [2.75, 3.05) is 26.8 Å². The molecule has 2 heterocycles. The minimum atomic E-state index is -0.614. The first kappa shape index (κ1) is 19.3. The summed E-state index contributed by atoms with van der Waals surface area (Å²) in [4.78, 5) is 27.2. The first-order valence-corrected chi connectivity index (χ1v) is 9.40. The number of ether oxygens (including phenoxy) is 2. The van der Waals surface area contributed by atoms with Crippen LogP contribution in [0.2, 0.25) is 0 Å².